The monoisotopic (exact) mass is 220 g/mol. The number of ether oxygens (including phenoxy) is 1. The lowest BCUT2D eigenvalue weighted by atomic mass is 10.2. The van der Waals surface area contributed by atoms with Crippen molar-refractivity contribution in [2.75, 3.05) is 0 Å². The zero-order chi connectivity index (χ0) is 9.80. The van der Waals surface area contributed by atoms with Crippen LogP contribution in [-0.2, 0) is 0 Å². The Morgan fingerprint density at radius 1 is 1.07 bits per heavy atom. The summed E-state index contributed by atoms with van der Waals surface area (Å²) in [4.78, 5) is 0. The summed E-state index contributed by atoms with van der Waals surface area (Å²) in [6.45, 7) is 0. The lowest BCUT2D eigenvalue weighted by Crippen LogP contribution is -1.82. The zero-order valence-electron chi connectivity index (χ0n) is 7.34. The van der Waals surface area contributed by atoms with E-state index in [9.17, 15) is 0 Å². The molecule has 0 amide bonds. The molecule has 2 aromatic rings. The predicted octanol–water partition coefficient (Wildman–Crippen LogP) is 3.89. The van der Waals surface area contributed by atoms with Crippen molar-refractivity contribution in [1.29, 1.82) is 0 Å². The largest absolute Gasteiger partial charge is 0.457 e. The number of hydrogen-bond acceptors (Lipinski definition) is 3. The van der Waals surface area contributed by atoms with Crippen LogP contribution in [-0.4, -0.2) is 5.37 Å². The normalized spacial score (nSPS) is 9.71. The minimum atomic E-state index is 0.837. The molecule has 0 fully saturated rings. The molecule has 1 heterocycles. The molecule has 3 heteroatoms. The van der Waals surface area contributed by atoms with E-state index in [4.69, 9.17) is 17.0 Å². The molecule has 1 nitrogen and oxygen atoms in total. The third-order valence-corrected chi connectivity index (χ3v) is 2.68. The number of thiocarbonyl (C=S) groups is 1. The molecule has 0 aliphatic rings. The topological polar surface area (TPSA) is 9.23 Å². The molecule has 0 atom stereocenters. The summed E-state index contributed by atoms with van der Waals surface area (Å²) in [5.41, 5.74) is 1.03. The third-order valence-electron chi connectivity index (χ3n) is 1.75. The lowest BCUT2D eigenvalue weighted by molar-refractivity contribution is 0.485. The van der Waals surface area contributed by atoms with Crippen LogP contribution in [0.5, 0.6) is 11.5 Å². The van der Waals surface area contributed by atoms with E-state index in [-0.39, 0.29) is 0 Å². The van der Waals surface area contributed by atoms with E-state index in [1.54, 1.807) is 16.7 Å². The molecule has 0 bridgehead atoms. The van der Waals surface area contributed by atoms with Gasteiger partial charge in [-0.1, -0.05) is 24.4 Å². The summed E-state index contributed by atoms with van der Waals surface area (Å²) in [7, 11) is 0. The van der Waals surface area contributed by atoms with Crippen molar-refractivity contribution >= 4 is 28.9 Å². The average molecular weight is 220 g/mol. The van der Waals surface area contributed by atoms with Crippen LogP contribution >= 0.6 is 23.6 Å². The van der Waals surface area contributed by atoms with Crippen LogP contribution in [0.1, 0.15) is 5.56 Å². The first kappa shape index (κ1) is 9.37. The van der Waals surface area contributed by atoms with E-state index in [1.165, 1.54) is 0 Å². The molecule has 0 radical (unpaired) electrons. The maximum absolute atomic E-state index is 5.58. The van der Waals surface area contributed by atoms with Crippen molar-refractivity contribution in [2.45, 2.75) is 0 Å². The SMILES string of the molecule is S=Cc1ccc(Oc2ccsc2)cc1. The van der Waals surface area contributed by atoms with Gasteiger partial charge in [0.15, 0.2) is 0 Å². The molecule has 0 saturated carbocycles. The first-order chi connectivity index (χ1) is 6.88. The van der Waals surface area contributed by atoms with Crippen molar-refractivity contribution < 1.29 is 4.74 Å². The van der Waals surface area contributed by atoms with Gasteiger partial charge in [0.05, 0.1) is 0 Å². The number of hydrogen-bond donors (Lipinski definition) is 0. The Hall–Kier alpha value is -1.19. The smallest absolute Gasteiger partial charge is 0.138 e. The van der Waals surface area contributed by atoms with Crippen LogP contribution in [0.4, 0.5) is 0 Å². The van der Waals surface area contributed by atoms with Crippen molar-refractivity contribution in [3.05, 3.63) is 46.7 Å². The highest BCUT2D eigenvalue weighted by Gasteiger charge is 1.96. The van der Waals surface area contributed by atoms with Gasteiger partial charge in [-0.3, -0.25) is 0 Å². The fourth-order valence-electron chi connectivity index (χ4n) is 1.06. The predicted molar refractivity (Wildman–Crippen MR) is 63.6 cm³/mol. The Bertz CT molecular complexity index is 403. The Morgan fingerprint density at radius 3 is 2.43 bits per heavy atom. The van der Waals surface area contributed by atoms with Crippen molar-refractivity contribution in [2.24, 2.45) is 0 Å². The second-order valence-electron chi connectivity index (χ2n) is 2.75. The molecular formula is C11H8OS2. The van der Waals surface area contributed by atoms with E-state index < -0.39 is 0 Å². The Kier molecular flexibility index (Phi) is 2.91. The molecule has 0 aliphatic carbocycles. The minimum absolute atomic E-state index is 0.837. The summed E-state index contributed by atoms with van der Waals surface area (Å²) in [5, 5.41) is 5.60. The van der Waals surface area contributed by atoms with Crippen LogP contribution in [0.15, 0.2) is 41.1 Å². The second-order valence-corrected chi connectivity index (χ2v) is 3.76. The summed E-state index contributed by atoms with van der Waals surface area (Å²) in [6.07, 6.45) is 0. The summed E-state index contributed by atoms with van der Waals surface area (Å²) in [5.74, 6) is 1.72. The van der Waals surface area contributed by atoms with Crippen LogP contribution in [0.25, 0.3) is 0 Å². The van der Waals surface area contributed by atoms with E-state index in [2.05, 4.69) is 0 Å². The number of thiophene rings is 1. The van der Waals surface area contributed by atoms with Crippen LogP contribution in [0.3, 0.4) is 0 Å². The van der Waals surface area contributed by atoms with Gasteiger partial charge < -0.3 is 4.74 Å². The van der Waals surface area contributed by atoms with Gasteiger partial charge in [0, 0.05) is 10.7 Å². The van der Waals surface area contributed by atoms with E-state index in [0.29, 0.717) is 0 Å². The third kappa shape index (κ3) is 2.19. The molecule has 1 aromatic heterocycles. The molecule has 0 N–H and O–H groups in total. The fraction of sp³-hybridized carbons (Fsp3) is 0. The quantitative estimate of drug-likeness (QED) is 0.726. The maximum Gasteiger partial charge on any atom is 0.138 e. The van der Waals surface area contributed by atoms with Gasteiger partial charge in [-0.25, -0.2) is 0 Å². The number of benzene rings is 1. The zero-order valence-corrected chi connectivity index (χ0v) is 8.98. The number of rotatable bonds is 3. The van der Waals surface area contributed by atoms with Gasteiger partial charge in [-0.2, -0.15) is 0 Å². The van der Waals surface area contributed by atoms with Gasteiger partial charge in [0.2, 0.25) is 0 Å². The summed E-state index contributed by atoms with van der Waals surface area (Å²) < 4.78 is 5.58. The van der Waals surface area contributed by atoms with Crippen LogP contribution in [0.2, 0.25) is 0 Å². The van der Waals surface area contributed by atoms with Gasteiger partial charge in [0.25, 0.3) is 0 Å². The summed E-state index contributed by atoms with van der Waals surface area (Å²) >= 11 is 6.43. The standard InChI is InChI=1S/C11H8OS2/c13-7-9-1-3-10(4-2-9)12-11-5-6-14-8-11/h1-8H. The van der Waals surface area contributed by atoms with E-state index in [1.807, 2.05) is 41.1 Å². The molecule has 0 unspecified atom stereocenters. The van der Waals surface area contributed by atoms with Crippen LogP contribution < -0.4 is 4.74 Å². The van der Waals surface area contributed by atoms with Gasteiger partial charge in [-0.05, 0) is 29.1 Å². The van der Waals surface area contributed by atoms with E-state index >= 15 is 0 Å². The highest BCUT2D eigenvalue weighted by Crippen LogP contribution is 2.23. The first-order valence-corrected chi connectivity index (χ1v) is 5.55. The second kappa shape index (κ2) is 4.35. The van der Waals surface area contributed by atoms with E-state index in [0.717, 1.165) is 17.1 Å². The minimum Gasteiger partial charge on any atom is -0.457 e. The molecule has 70 valence electrons. The molecule has 0 aliphatic heterocycles. The molecule has 0 spiro atoms. The maximum atomic E-state index is 5.58. The Labute approximate surface area is 92.0 Å². The van der Waals surface area contributed by atoms with Crippen molar-refractivity contribution in [3.8, 4) is 11.5 Å². The average Bonchev–Trinajstić information content (AvgIpc) is 2.72. The summed E-state index contributed by atoms with van der Waals surface area (Å²) in [6, 6.07) is 9.65. The fourth-order valence-corrected chi connectivity index (χ4v) is 1.77. The van der Waals surface area contributed by atoms with Crippen molar-refractivity contribution in [1.82, 2.24) is 0 Å². The molecule has 0 saturated heterocycles. The Morgan fingerprint density at radius 2 is 1.86 bits per heavy atom. The highest BCUT2D eigenvalue weighted by molar-refractivity contribution is 7.79. The van der Waals surface area contributed by atoms with Gasteiger partial charge in [0.1, 0.15) is 11.5 Å². The molecule has 14 heavy (non-hydrogen) atoms. The highest BCUT2D eigenvalue weighted by atomic mass is 32.1. The van der Waals surface area contributed by atoms with Crippen LogP contribution in [0, 0.1) is 0 Å². The van der Waals surface area contributed by atoms with Gasteiger partial charge in [-0.15, -0.1) is 11.3 Å². The molecule has 2 rings (SSSR count). The molecule has 1 aromatic carbocycles. The van der Waals surface area contributed by atoms with Crippen molar-refractivity contribution in [3.63, 3.8) is 0 Å². The Balaban J connectivity index is 2.14. The first-order valence-electron chi connectivity index (χ1n) is 4.14. The van der Waals surface area contributed by atoms with Gasteiger partial charge >= 0.3 is 0 Å². The molecular weight excluding hydrogens is 212 g/mol. The lowest BCUT2D eigenvalue weighted by Gasteiger charge is -2.02.